The SMILES string of the molecule is O=C(c1n[nH]c2c1CCCCC2)N1CCC(c2nc3ccccc3[nH]2)CC1. The zero-order chi connectivity index (χ0) is 18.2. The van der Waals surface area contributed by atoms with Gasteiger partial charge in [-0.1, -0.05) is 18.6 Å². The van der Waals surface area contributed by atoms with Crippen LogP contribution >= 0.6 is 0 Å². The van der Waals surface area contributed by atoms with Gasteiger partial charge in [0.15, 0.2) is 5.69 Å². The third-order valence-corrected chi connectivity index (χ3v) is 6.09. The lowest BCUT2D eigenvalue weighted by Crippen LogP contribution is -2.38. The maximum Gasteiger partial charge on any atom is 0.274 e. The Balaban J connectivity index is 1.29. The zero-order valence-electron chi connectivity index (χ0n) is 15.5. The number of amides is 1. The van der Waals surface area contributed by atoms with Gasteiger partial charge in [-0.15, -0.1) is 0 Å². The van der Waals surface area contributed by atoms with Crippen LogP contribution < -0.4 is 0 Å². The number of para-hydroxylation sites is 2. The summed E-state index contributed by atoms with van der Waals surface area (Å²) in [6, 6.07) is 8.14. The Bertz CT molecular complexity index is 931. The first-order valence-corrected chi connectivity index (χ1v) is 10.1. The highest BCUT2D eigenvalue weighted by Crippen LogP contribution is 2.29. The number of H-pyrrole nitrogens is 2. The minimum atomic E-state index is 0.0949. The van der Waals surface area contributed by atoms with Crippen molar-refractivity contribution in [2.24, 2.45) is 0 Å². The summed E-state index contributed by atoms with van der Waals surface area (Å²) in [6.07, 6.45) is 7.45. The molecule has 3 heterocycles. The average Bonchev–Trinajstić information content (AvgIpc) is 3.25. The number of hydrogen-bond donors (Lipinski definition) is 2. The molecule has 6 nitrogen and oxygen atoms in total. The lowest BCUT2D eigenvalue weighted by Gasteiger charge is -2.30. The van der Waals surface area contributed by atoms with Crippen LogP contribution in [0, 0.1) is 0 Å². The molecule has 1 aromatic carbocycles. The first-order valence-electron chi connectivity index (χ1n) is 10.1. The number of imidazole rings is 1. The molecule has 1 amide bonds. The molecule has 1 fully saturated rings. The van der Waals surface area contributed by atoms with Gasteiger partial charge in [-0.05, 0) is 50.7 Å². The number of carbonyl (C=O) groups is 1. The molecular weight excluding hydrogens is 338 g/mol. The maximum atomic E-state index is 13.0. The van der Waals surface area contributed by atoms with E-state index in [1.165, 1.54) is 18.5 Å². The molecule has 2 N–H and O–H groups in total. The van der Waals surface area contributed by atoms with Crippen molar-refractivity contribution in [1.29, 1.82) is 0 Å². The van der Waals surface area contributed by atoms with Crippen LogP contribution in [0.15, 0.2) is 24.3 Å². The number of fused-ring (bicyclic) bond motifs is 2. The van der Waals surface area contributed by atoms with Crippen molar-refractivity contribution in [1.82, 2.24) is 25.1 Å². The fraction of sp³-hybridized carbons (Fsp3) is 0.476. The molecule has 0 radical (unpaired) electrons. The van der Waals surface area contributed by atoms with E-state index in [2.05, 4.69) is 21.2 Å². The molecular formula is C21H25N5O. The van der Waals surface area contributed by atoms with E-state index >= 15 is 0 Å². The number of aryl methyl sites for hydroxylation is 1. The number of nitrogens with one attached hydrogen (secondary N) is 2. The van der Waals surface area contributed by atoms with Crippen LogP contribution in [0.3, 0.4) is 0 Å². The summed E-state index contributed by atoms with van der Waals surface area (Å²) in [5.41, 5.74) is 5.11. The van der Waals surface area contributed by atoms with Gasteiger partial charge in [0.05, 0.1) is 11.0 Å². The fourth-order valence-electron chi connectivity index (χ4n) is 4.51. The van der Waals surface area contributed by atoms with Crippen LogP contribution in [0.25, 0.3) is 11.0 Å². The van der Waals surface area contributed by atoms with Crippen LogP contribution in [0.4, 0.5) is 0 Å². The number of aromatic nitrogens is 4. The molecule has 0 spiro atoms. The maximum absolute atomic E-state index is 13.0. The number of rotatable bonds is 2. The van der Waals surface area contributed by atoms with Crippen LogP contribution in [-0.2, 0) is 12.8 Å². The molecule has 5 rings (SSSR count). The van der Waals surface area contributed by atoms with Gasteiger partial charge < -0.3 is 9.88 Å². The van der Waals surface area contributed by atoms with Gasteiger partial charge in [0.1, 0.15) is 5.82 Å². The number of likely N-dealkylation sites (tertiary alicyclic amines) is 1. The Kier molecular flexibility index (Phi) is 4.19. The van der Waals surface area contributed by atoms with Gasteiger partial charge in [0.25, 0.3) is 5.91 Å². The van der Waals surface area contributed by atoms with Crippen molar-refractivity contribution in [3.8, 4) is 0 Å². The van der Waals surface area contributed by atoms with Gasteiger partial charge >= 0.3 is 0 Å². The highest BCUT2D eigenvalue weighted by molar-refractivity contribution is 5.94. The number of nitrogens with zero attached hydrogens (tertiary/aromatic N) is 3. The number of carbonyl (C=O) groups excluding carboxylic acids is 1. The molecule has 2 aromatic heterocycles. The summed E-state index contributed by atoms with van der Waals surface area (Å²) in [5, 5.41) is 7.51. The first kappa shape index (κ1) is 16.5. The predicted molar refractivity (Wildman–Crippen MR) is 104 cm³/mol. The molecule has 0 bridgehead atoms. The van der Waals surface area contributed by atoms with E-state index in [4.69, 9.17) is 4.98 Å². The van der Waals surface area contributed by atoms with Crippen LogP contribution in [0.5, 0.6) is 0 Å². The molecule has 140 valence electrons. The Hall–Kier alpha value is -2.63. The highest BCUT2D eigenvalue weighted by Gasteiger charge is 2.29. The Morgan fingerprint density at radius 3 is 2.74 bits per heavy atom. The monoisotopic (exact) mass is 363 g/mol. The van der Waals surface area contributed by atoms with E-state index in [1.54, 1.807) is 0 Å². The molecule has 3 aromatic rings. The number of aromatic amines is 2. The van der Waals surface area contributed by atoms with Crippen molar-refractivity contribution in [3.05, 3.63) is 47.0 Å². The first-order chi connectivity index (χ1) is 13.3. The molecule has 0 atom stereocenters. The van der Waals surface area contributed by atoms with E-state index in [9.17, 15) is 4.79 Å². The lowest BCUT2D eigenvalue weighted by molar-refractivity contribution is 0.0704. The summed E-state index contributed by atoms with van der Waals surface area (Å²) < 4.78 is 0. The van der Waals surface area contributed by atoms with E-state index in [1.807, 2.05) is 23.1 Å². The summed E-state index contributed by atoms with van der Waals surface area (Å²) in [7, 11) is 0. The lowest BCUT2D eigenvalue weighted by atomic mass is 9.95. The molecule has 1 saturated heterocycles. The fourth-order valence-corrected chi connectivity index (χ4v) is 4.51. The normalized spacial score (nSPS) is 18.4. The summed E-state index contributed by atoms with van der Waals surface area (Å²) in [6.45, 7) is 1.53. The third-order valence-electron chi connectivity index (χ3n) is 6.09. The van der Waals surface area contributed by atoms with Gasteiger partial charge in [-0.3, -0.25) is 9.89 Å². The van der Waals surface area contributed by atoms with Crippen molar-refractivity contribution in [2.75, 3.05) is 13.1 Å². The smallest absolute Gasteiger partial charge is 0.274 e. The summed E-state index contributed by atoms with van der Waals surface area (Å²) in [4.78, 5) is 23.2. The van der Waals surface area contributed by atoms with Gasteiger partial charge in [0, 0.05) is 30.3 Å². The molecule has 0 saturated carbocycles. The van der Waals surface area contributed by atoms with Crippen molar-refractivity contribution >= 4 is 16.9 Å². The van der Waals surface area contributed by atoms with E-state index in [-0.39, 0.29) is 5.91 Å². The number of piperidine rings is 1. The van der Waals surface area contributed by atoms with E-state index in [0.717, 1.165) is 67.6 Å². The number of benzene rings is 1. The topological polar surface area (TPSA) is 77.7 Å². The Labute approximate surface area is 158 Å². The average molecular weight is 363 g/mol. The van der Waals surface area contributed by atoms with Crippen molar-refractivity contribution in [2.45, 2.75) is 50.9 Å². The van der Waals surface area contributed by atoms with Crippen LogP contribution in [0.1, 0.15) is 65.6 Å². The largest absolute Gasteiger partial charge is 0.342 e. The predicted octanol–water partition coefficient (Wildman–Crippen LogP) is 3.57. The van der Waals surface area contributed by atoms with Gasteiger partial charge in [-0.2, -0.15) is 5.10 Å². The molecule has 27 heavy (non-hydrogen) atoms. The Morgan fingerprint density at radius 1 is 1.07 bits per heavy atom. The Morgan fingerprint density at radius 2 is 1.89 bits per heavy atom. The second kappa shape index (κ2) is 6.83. The van der Waals surface area contributed by atoms with Crippen molar-refractivity contribution < 1.29 is 4.79 Å². The third kappa shape index (κ3) is 3.03. The van der Waals surface area contributed by atoms with Gasteiger partial charge in [-0.25, -0.2) is 4.98 Å². The van der Waals surface area contributed by atoms with Crippen molar-refractivity contribution in [3.63, 3.8) is 0 Å². The molecule has 2 aliphatic rings. The minimum absolute atomic E-state index is 0.0949. The summed E-state index contributed by atoms with van der Waals surface area (Å²) in [5.74, 6) is 1.53. The van der Waals surface area contributed by atoms with E-state index < -0.39 is 0 Å². The second-order valence-electron chi connectivity index (χ2n) is 7.80. The molecule has 1 aliphatic heterocycles. The zero-order valence-corrected chi connectivity index (χ0v) is 15.5. The molecule has 6 heteroatoms. The molecule has 0 unspecified atom stereocenters. The second-order valence-corrected chi connectivity index (χ2v) is 7.80. The molecule has 1 aliphatic carbocycles. The van der Waals surface area contributed by atoms with Gasteiger partial charge in [0.2, 0.25) is 0 Å². The van der Waals surface area contributed by atoms with Crippen LogP contribution in [0.2, 0.25) is 0 Å². The standard InChI is InChI=1S/C21H25N5O/c27-21(19-15-6-2-1-3-7-16(15)24-25-19)26-12-10-14(11-13-26)20-22-17-8-4-5-9-18(17)23-20/h4-5,8-9,14H,1-3,6-7,10-13H2,(H,22,23)(H,24,25). The summed E-state index contributed by atoms with van der Waals surface area (Å²) >= 11 is 0. The minimum Gasteiger partial charge on any atom is -0.342 e. The van der Waals surface area contributed by atoms with Crippen LogP contribution in [-0.4, -0.2) is 44.1 Å². The number of hydrogen-bond acceptors (Lipinski definition) is 3. The van der Waals surface area contributed by atoms with E-state index in [0.29, 0.717) is 11.6 Å². The quantitative estimate of drug-likeness (QED) is 0.683. The highest BCUT2D eigenvalue weighted by atomic mass is 16.2.